The normalized spacial score (nSPS) is 10.7. The Kier molecular flexibility index (Phi) is 5.68. The van der Waals surface area contributed by atoms with Gasteiger partial charge in [-0.2, -0.15) is 0 Å². The molecule has 4 rings (SSSR count). The Morgan fingerprint density at radius 2 is 1.84 bits per heavy atom. The highest BCUT2D eigenvalue weighted by atomic mass is 35.5. The number of urea groups is 1. The van der Waals surface area contributed by atoms with Crippen LogP contribution in [-0.4, -0.2) is 35.0 Å². The van der Waals surface area contributed by atoms with E-state index >= 15 is 0 Å². The summed E-state index contributed by atoms with van der Waals surface area (Å²) in [4.78, 5) is 22.3. The summed E-state index contributed by atoms with van der Waals surface area (Å²) in [5.74, 6) is -0.416. The van der Waals surface area contributed by atoms with Crippen LogP contribution in [0.15, 0.2) is 67.0 Å². The number of halogens is 2. The van der Waals surface area contributed by atoms with E-state index in [9.17, 15) is 9.18 Å². The van der Waals surface area contributed by atoms with Crippen molar-refractivity contribution in [3.05, 3.63) is 77.8 Å². The van der Waals surface area contributed by atoms with Crippen LogP contribution in [-0.2, 0) is 0 Å². The Bertz CT molecular complexity index is 1280. The molecule has 0 bridgehead atoms. The molecule has 0 unspecified atom stereocenters. The maximum absolute atomic E-state index is 14.5. The Morgan fingerprint density at radius 3 is 2.65 bits per heavy atom. The molecule has 0 aliphatic carbocycles. The van der Waals surface area contributed by atoms with Crippen LogP contribution in [0.25, 0.3) is 22.2 Å². The number of fused-ring (bicyclic) bond motifs is 1. The van der Waals surface area contributed by atoms with E-state index in [0.29, 0.717) is 38.9 Å². The van der Waals surface area contributed by atoms with Crippen molar-refractivity contribution in [1.29, 1.82) is 0 Å². The molecule has 0 aliphatic heterocycles. The van der Waals surface area contributed by atoms with Gasteiger partial charge < -0.3 is 15.5 Å². The van der Waals surface area contributed by atoms with Gasteiger partial charge in [-0.15, -0.1) is 0 Å². The molecule has 4 aromatic rings. The summed E-state index contributed by atoms with van der Waals surface area (Å²) in [6.45, 7) is 0. The van der Waals surface area contributed by atoms with Gasteiger partial charge in [-0.05, 0) is 36.4 Å². The summed E-state index contributed by atoms with van der Waals surface area (Å²) >= 11 is 6.09. The highest BCUT2D eigenvalue weighted by molar-refractivity contribution is 6.30. The lowest BCUT2D eigenvalue weighted by Gasteiger charge is -2.17. The first kappa shape index (κ1) is 20.6. The average Bonchev–Trinajstić information content (AvgIpc) is 2.76. The number of carbonyl (C=O) groups is 1. The molecule has 0 radical (unpaired) electrons. The molecular weight excluding hydrogens is 417 g/mol. The summed E-state index contributed by atoms with van der Waals surface area (Å²) < 4.78 is 14.5. The molecule has 2 amide bonds. The zero-order valence-electron chi connectivity index (χ0n) is 16.9. The molecule has 0 aliphatic rings. The minimum atomic E-state index is -0.416. The van der Waals surface area contributed by atoms with Crippen molar-refractivity contribution < 1.29 is 9.18 Å². The topological polar surface area (TPSA) is 70.2 Å². The van der Waals surface area contributed by atoms with Gasteiger partial charge in [0.25, 0.3) is 0 Å². The van der Waals surface area contributed by atoms with Crippen LogP contribution in [0.3, 0.4) is 0 Å². The molecule has 0 atom stereocenters. The standard InChI is InChI=1S/C23H19ClFN5O/c1-30(2)23(31)29-22-13-26-10-9-19(22)28-20-12-21(16-11-14(24)7-8-17(16)25)27-18-6-4-3-5-15(18)20/h3-13H,1-2H3,(H,29,31)(H,26,27,28). The van der Waals surface area contributed by atoms with E-state index in [0.717, 1.165) is 5.39 Å². The third-order valence-corrected chi connectivity index (χ3v) is 4.89. The van der Waals surface area contributed by atoms with E-state index in [1.54, 1.807) is 44.7 Å². The van der Waals surface area contributed by atoms with Crippen LogP contribution in [0.1, 0.15) is 0 Å². The van der Waals surface area contributed by atoms with Gasteiger partial charge in [0.15, 0.2) is 0 Å². The molecule has 2 aromatic heterocycles. The molecule has 6 nitrogen and oxygen atoms in total. The fourth-order valence-corrected chi connectivity index (χ4v) is 3.26. The lowest BCUT2D eigenvalue weighted by molar-refractivity contribution is 0.230. The van der Waals surface area contributed by atoms with Gasteiger partial charge in [-0.3, -0.25) is 4.98 Å². The average molecular weight is 436 g/mol. The summed E-state index contributed by atoms with van der Waals surface area (Å²) in [5.41, 5.74) is 3.28. The number of nitrogens with zero attached hydrogens (tertiary/aromatic N) is 3. The van der Waals surface area contributed by atoms with E-state index in [2.05, 4.69) is 20.6 Å². The van der Waals surface area contributed by atoms with E-state index in [-0.39, 0.29) is 6.03 Å². The van der Waals surface area contributed by atoms with Crippen molar-refractivity contribution in [2.24, 2.45) is 0 Å². The summed E-state index contributed by atoms with van der Waals surface area (Å²) in [7, 11) is 3.31. The third kappa shape index (κ3) is 4.41. The lowest BCUT2D eigenvalue weighted by Crippen LogP contribution is -2.27. The predicted octanol–water partition coefficient (Wildman–Crippen LogP) is 5.93. The Hall–Kier alpha value is -3.71. The van der Waals surface area contributed by atoms with Crippen LogP contribution >= 0.6 is 11.6 Å². The largest absolute Gasteiger partial charge is 0.353 e. The smallest absolute Gasteiger partial charge is 0.321 e. The van der Waals surface area contributed by atoms with Crippen LogP contribution in [0.2, 0.25) is 5.02 Å². The van der Waals surface area contributed by atoms with Gasteiger partial charge in [0, 0.05) is 36.3 Å². The molecule has 156 valence electrons. The van der Waals surface area contributed by atoms with E-state index in [4.69, 9.17) is 11.6 Å². The minimum Gasteiger partial charge on any atom is -0.353 e. The van der Waals surface area contributed by atoms with E-state index in [1.807, 2.05) is 24.3 Å². The molecule has 2 N–H and O–H groups in total. The number of pyridine rings is 2. The zero-order valence-corrected chi connectivity index (χ0v) is 17.6. The first-order chi connectivity index (χ1) is 14.9. The number of aromatic nitrogens is 2. The number of anilines is 3. The van der Waals surface area contributed by atoms with Crippen molar-refractivity contribution in [2.45, 2.75) is 0 Å². The Morgan fingerprint density at radius 1 is 1.03 bits per heavy atom. The molecule has 8 heteroatoms. The number of nitrogens with one attached hydrogen (secondary N) is 2. The molecule has 0 saturated heterocycles. The highest BCUT2D eigenvalue weighted by Gasteiger charge is 2.14. The van der Waals surface area contributed by atoms with E-state index in [1.165, 1.54) is 17.0 Å². The maximum Gasteiger partial charge on any atom is 0.321 e. The Balaban J connectivity index is 1.82. The fraction of sp³-hybridized carbons (Fsp3) is 0.0870. The van der Waals surface area contributed by atoms with E-state index < -0.39 is 5.82 Å². The molecule has 0 saturated carbocycles. The highest BCUT2D eigenvalue weighted by Crippen LogP contribution is 2.34. The fourth-order valence-electron chi connectivity index (χ4n) is 3.09. The van der Waals surface area contributed by atoms with Gasteiger partial charge in [0.2, 0.25) is 0 Å². The lowest BCUT2D eigenvalue weighted by atomic mass is 10.1. The summed E-state index contributed by atoms with van der Waals surface area (Å²) in [6, 6.07) is 15.1. The second-order valence-corrected chi connectivity index (χ2v) is 7.50. The molecule has 0 spiro atoms. The number of amides is 2. The quantitative estimate of drug-likeness (QED) is 0.417. The SMILES string of the molecule is CN(C)C(=O)Nc1cnccc1Nc1cc(-c2cc(Cl)ccc2F)nc2ccccc12. The van der Waals surface area contributed by atoms with Crippen LogP contribution in [0.5, 0.6) is 0 Å². The minimum absolute atomic E-state index is 0.280. The first-order valence-corrected chi connectivity index (χ1v) is 9.85. The van der Waals surface area contributed by atoms with Gasteiger partial charge in [0.05, 0.1) is 34.5 Å². The van der Waals surface area contributed by atoms with Crippen molar-refractivity contribution in [3.63, 3.8) is 0 Å². The third-order valence-electron chi connectivity index (χ3n) is 4.66. The van der Waals surface area contributed by atoms with Crippen molar-refractivity contribution >= 4 is 45.6 Å². The molecule has 31 heavy (non-hydrogen) atoms. The van der Waals surface area contributed by atoms with Crippen LogP contribution in [0, 0.1) is 5.82 Å². The van der Waals surface area contributed by atoms with Gasteiger partial charge in [0.1, 0.15) is 5.82 Å². The molecule has 2 aromatic carbocycles. The van der Waals surface area contributed by atoms with Gasteiger partial charge >= 0.3 is 6.03 Å². The second kappa shape index (κ2) is 8.57. The zero-order chi connectivity index (χ0) is 22.0. The van der Waals surface area contributed by atoms with Crippen LogP contribution in [0.4, 0.5) is 26.2 Å². The Labute approximate surface area is 183 Å². The predicted molar refractivity (Wildman–Crippen MR) is 122 cm³/mol. The maximum atomic E-state index is 14.5. The number of carbonyl (C=O) groups excluding carboxylic acids is 1. The second-order valence-electron chi connectivity index (χ2n) is 7.07. The van der Waals surface area contributed by atoms with Crippen molar-refractivity contribution in [2.75, 3.05) is 24.7 Å². The number of rotatable bonds is 4. The van der Waals surface area contributed by atoms with Crippen molar-refractivity contribution in [1.82, 2.24) is 14.9 Å². The number of hydrogen-bond donors (Lipinski definition) is 2. The van der Waals surface area contributed by atoms with Gasteiger partial charge in [-0.1, -0.05) is 29.8 Å². The molecule has 0 fully saturated rings. The van der Waals surface area contributed by atoms with Crippen LogP contribution < -0.4 is 10.6 Å². The summed E-state index contributed by atoms with van der Waals surface area (Å²) in [5, 5.41) is 7.41. The monoisotopic (exact) mass is 435 g/mol. The molecule has 2 heterocycles. The first-order valence-electron chi connectivity index (χ1n) is 9.47. The number of benzene rings is 2. The number of para-hydroxylation sites is 1. The number of hydrogen-bond acceptors (Lipinski definition) is 4. The summed E-state index contributed by atoms with van der Waals surface area (Å²) in [6.07, 6.45) is 3.18. The van der Waals surface area contributed by atoms with Gasteiger partial charge in [-0.25, -0.2) is 14.2 Å². The van der Waals surface area contributed by atoms with Crippen molar-refractivity contribution in [3.8, 4) is 11.3 Å². The molecular formula is C23H19ClFN5O.